The van der Waals surface area contributed by atoms with Crippen molar-refractivity contribution in [2.75, 3.05) is 18.0 Å². The summed E-state index contributed by atoms with van der Waals surface area (Å²) < 4.78 is 20.0. The van der Waals surface area contributed by atoms with Gasteiger partial charge in [0.1, 0.15) is 37.0 Å². The predicted octanol–water partition coefficient (Wildman–Crippen LogP) is 7.86. The Morgan fingerprint density at radius 3 is 1.98 bits per heavy atom. The Morgan fingerprint density at radius 1 is 0.740 bits per heavy atom. The van der Waals surface area contributed by atoms with Crippen LogP contribution in [0.25, 0.3) is 22.2 Å². The minimum Gasteiger partial charge on any atom is -0.489 e. The molecule has 7 rings (SSSR count). The Kier molecular flexibility index (Phi) is 9.80. The lowest BCUT2D eigenvalue weighted by Crippen LogP contribution is -2.45. The monoisotopic (exact) mass is 667 g/mol. The molecule has 0 amide bonds. The molecule has 1 saturated heterocycles. The molecule has 0 aliphatic carbocycles. The van der Waals surface area contributed by atoms with E-state index in [4.69, 9.17) is 19.3 Å². The molecule has 1 aliphatic rings. The third-order valence-corrected chi connectivity index (χ3v) is 9.30. The number of fused-ring (bicyclic) bond motifs is 1. The first-order valence-corrected chi connectivity index (χ1v) is 17.0. The molecule has 50 heavy (non-hydrogen) atoms. The van der Waals surface area contributed by atoms with Crippen LogP contribution in [-0.4, -0.2) is 39.5 Å². The van der Waals surface area contributed by atoms with E-state index in [2.05, 4.69) is 23.1 Å². The van der Waals surface area contributed by atoms with E-state index in [0.29, 0.717) is 44.9 Å². The molecule has 0 bridgehead atoms. The summed E-state index contributed by atoms with van der Waals surface area (Å²) in [6, 6.07) is 42.1. The summed E-state index contributed by atoms with van der Waals surface area (Å²) in [5.74, 6) is 1.04. The molecule has 0 atom stereocenters. The van der Waals surface area contributed by atoms with E-state index in [0.717, 1.165) is 50.3 Å². The van der Waals surface area contributed by atoms with Crippen LogP contribution in [0.1, 0.15) is 36.0 Å². The number of carbonyl (C=O) groups excluding carboxylic acids is 1. The molecule has 0 unspecified atom stereocenters. The minimum absolute atomic E-state index is 0.0113. The number of nitrogens with zero attached hydrogens (tertiary/aromatic N) is 3. The van der Waals surface area contributed by atoms with E-state index in [-0.39, 0.29) is 19.0 Å². The number of rotatable bonds is 12. The van der Waals surface area contributed by atoms with E-state index < -0.39 is 5.60 Å². The summed E-state index contributed by atoms with van der Waals surface area (Å²) in [6.45, 7) is 2.33. The van der Waals surface area contributed by atoms with Crippen molar-refractivity contribution in [3.63, 3.8) is 0 Å². The quantitative estimate of drug-likeness (QED) is 0.133. The number of esters is 1. The van der Waals surface area contributed by atoms with E-state index in [1.54, 1.807) is 0 Å². The molecular formula is C42H41N3O5. The zero-order valence-corrected chi connectivity index (χ0v) is 28.2. The van der Waals surface area contributed by atoms with Gasteiger partial charge in [-0.05, 0) is 59.9 Å². The number of ether oxygens (including phenoxy) is 3. The van der Waals surface area contributed by atoms with Gasteiger partial charge in [0.05, 0.1) is 17.5 Å². The van der Waals surface area contributed by atoms with E-state index in [9.17, 15) is 9.90 Å². The number of anilines is 1. The molecular weight excluding hydrogens is 626 g/mol. The van der Waals surface area contributed by atoms with Crippen LogP contribution >= 0.6 is 0 Å². The number of aliphatic hydroxyl groups is 1. The number of piperidine rings is 1. The largest absolute Gasteiger partial charge is 0.489 e. The molecule has 5 aromatic carbocycles. The summed E-state index contributed by atoms with van der Waals surface area (Å²) in [5.41, 5.74) is 5.75. The lowest BCUT2D eigenvalue weighted by atomic mass is 9.88. The van der Waals surface area contributed by atoms with Gasteiger partial charge in [0, 0.05) is 42.8 Å². The lowest BCUT2D eigenvalue weighted by molar-refractivity contribution is -0.151. The van der Waals surface area contributed by atoms with Crippen LogP contribution in [0.15, 0.2) is 127 Å². The van der Waals surface area contributed by atoms with Crippen LogP contribution in [0.2, 0.25) is 0 Å². The summed E-state index contributed by atoms with van der Waals surface area (Å²) in [5, 5.41) is 17.2. The molecule has 1 aliphatic heterocycles. The molecule has 1 aromatic heterocycles. The second-order valence-electron chi connectivity index (χ2n) is 12.9. The van der Waals surface area contributed by atoms with Crippen LogP contribution in [0, 0.1) is 0 Å². The topological polar surface area (TPSA) is 86.0 Å². The maximum Gasteiger partial charge on any atom is 0.309 e. The van der Waals surface area contributed by atoms with Gasteiger partial charge in [-0.25, -0.2) is 0 Å². The van der Waals surface area contributed by atoms with Gasteiger partial charge in [0.15, 0.2) is 0 Å². The third kappa shape index (κ3) is 7.82. The summed E-state index contributed by atoms with van der Waals surface area (Å²) in [6.07, 6.45) is 0.939. The Bertz CT molecular complexity index is 2040. The number of aromatic nitrogens is 2. The van der Waals surface area contributed by atoms with Gasteiger partial charge in [-0.3, -0.25) is 9.48 Å². The zero-order valence-electron chi connectivity index (χ0n) is 28.2. The van der Waals surface area contributed by atoms with Gasteiger partial charge < -0.3 is 24.2 Å². The van der Waals surface area contributed by atoms with E-state index >= 15 is 0 Å². The molecule has 1 fully saturated rings. The molecule has 0 saturated carbocycles. The fraction of sp³-hybridized carbons (Fsp3) is 0.238. The van der Waals surface area contributed by atoms with Crippen molar-refractivity contribution in [2.24, 2.45) is 7.05 Å². The molecule has 2 heterocycles. The van der Waals surface area contributed by atoms with Crippen LogP contribution in [0.4, 0.5) is 5.69 Å². The van der Waals surface area contributed by atoms with Crippen LogP contribution in [0.5, 0.6) is 11.5 Å². The molecule has 1 N–H and O–H groups in total. The summed E-state index contributed by atoms with van der Waals surface area (Å²) >= 11 is 0. The van der Waals surface area contributed by atoms with Crippen LogP contribution < -0.4 is 14.4 Å². The molecule has 0 spiro atoms. The van der Waals surface area contributed by atoms with Crippen molar-refractivity contribution >= 4 is 22.6 Å². The number of carbonyl (C=O) groups is 1. The number of benzene rings is 5. The van der Waals surface area contributed by atoms with Crippen molar-refractivity contribution < 1.29 is 24.1 Å². The van der Waals surface area contributed by atoms with Gasteiger partial charge in [0.2, 0.25) is 0 Å². The fourth-order valence-corrected chi connectivity index (χ4v) is 6.44. The number of hydrogen-bond donors (Lipinski definition) is 1. The molecule has 6 aromatic rings. The summed E-state index contributed by atoms with van der Waals surface area (Å²) in [7, 11) is 1.95. The molecule has 8 heteroatoms. The average Bonchev–Trinajstić information content (AvgIpc) is 3.48. The summed E-state index contributed by atoms with van der Waals surface area (Å²) in [4.78, 5) is 14.8. The fourth-order valence-electron chi connectivity index (χ4n) is 6.44. The first-order chi connectivity index (χ1) is 24.4. The van der Waals surface area contributed by atoms with Crippen molar-refractivity contribution in [1.82, 2.24) is 9.78 Å². The Balaban J connectivity index is 1.07. The molecule has 8 nitrogen and oxygen atoms in total. The standard InChI is InChI=1S/C42H41N3O5/c1-44-38-25-34(45-23-21-42(47,22-24-45)27-40(46)50-30-33-15-9-4-10-16-33)17-19-36(38)41(43-44)37-20-18-35(48-28-31-11-5-2-6-12-31)26-39(37)49-29-32-13-7-3-8-14-32/h2-20,25-26,47H,21-24,27-30H2,1H3. The Labute approximate surface area is 292 Å². The Morgan fingerprint density at radius 2 is 1.34 bits per heavy atom. The van der Waals surface area contributed by atoms with Crippen molar-refractivity contribution in [3.05, 3.63) is 144 Å². The van der Waals surface area contributed by atoms with Crippen molar-refractivity contribution in [1.29, 1.82) is 0 Å². The number of hydrogen-bond acceptors (Lipinski definition) is 7. The normalized spacial score (nSPS) is 14.0. The average molecular weight is 668 g/mol. The van der Waals surface area contributed by atoms with Crippen LogP contribution in [0.3, 0.4) is 0 Å². The van der Waals surface area contributed by atoms with Crippen LogP contribution in [-0.2, 0) is 36.4 Å². The van der Waals surface area contributed by atoms with E-state index in [1.807, 2.05) is 121 Å². The van der Waals surface area contributed by atoms with Gasteiger partial charge in [0.25, 0.3) is 0 Å². The highest BCUT2D eigenvalue weighted by Crippen LogP contribution is 2.39. The van der Waals surface area contributed by atoms with Gasteiger partial charge in [-0.1, -0.05) is 91.0 Å². The van der Waals surface area contributed by atoms with Gasteiger partial charge in [-0.15, -0.1) is 0 Å². The smallest absolute Gasteiger partial charge is 0.309 e. The van der Waals surface area contributed by atoms with Crippen molar-refractivity contribution in [3.8, 4) is 22.8 Å². The first-order valence-electron chi connectivity index (χ1n) is 17.0. The maximum atomic E-state index is 12.6. The molecule has 0 radical (unpaired) electrons. The zero-order chi connectivity index (χ0) is 34.3. The van der Waals surface area contributed by atoms with Gasteiger partial charge >= 0.3 is 5.97 Å². The lowest BCUT2D eigenvalue weighted by Gasteiger charge is -2.38. The maximum absolute atomic E-state index is 12.6. The van der Waals surface area contributed by atoms with Gasteiger partial charge in [-0.2, -0.15) is 5.10 Å². The van der Waals surface area contributed by atoms with E-state index in [1.165, 1.54) is 0 Å². The first kappa shape index (κ1) is 32.9. The third-order valence-electron chi connectivity index (χ3n) is 9.30. The second-order valence-corrected chi connectivity index (χ2v) is 12.9. The highest BCUT2D eigenvalue weighted by molar-refractivity contribution is 5.96. The van der Waals surface area contributed by atoms with Crippen molar-refractivity contribution in [2.45, 2.75) is 44.7 Å². The highest BCUT2D eigenvalue weighted by atomic mass is 16.5. The second kappa shape index (κ2) is 14.9. The predicted molar refractivity (Wildman–Crippen MR) is 195 cm³/mol. The number of aryl methyl sites for hydroxylation is 1. The minimum atomic E-state index is -1.08. The molecule has 254 valence electrons. The highest BCUT2D eigenvalue weighted by Gasteiger charge is 2.35. The Hall–Kier alpha value is -5.60. The SMILES string of the molecule is Cn1nc(-c2ccc(OCc3ccccc3)cc2OCc2ccccc2)c2ccc(N3CCC(O)(CC(=O)OCc4ccccc4)CC3)cc21.